The van der Waals surface area contributed by atoms with Crippen LogP contribution < -0.4 is 0 Å². The predicted molar refractivity (Wildman–Crippen MR) is 79.6 cm³/mol. The van der Waals surface area contributed by atoms with Gasteiger partial charge in [-0.3, -0.25) is 4.98 Å². The maximum absolute atomic E-state index is 9.18. The number of rotatable bonds is 2. The average molecular weight is 271 g/mol. The molecule has 0 aliphatic carbocycles. The van der Waals surface area contributed by atoms with Crippen LogP contribution in [0.5, 0.6) is 0 Å². The quantitative estimate of drug-likeness (QED) is 0.910. The lowest BCUT2D eigenvalue weighted by atomic mass is 9.89. The number of nitrogens with zero attached hydrogens (tertiary/aromatic N) is 1. The lowest BCUT2D eigenvalue weighted by Crippen LogP contribution is -2.28. The largest absolute Gasteiger partial charge is 0.392 e. The lowest BCUT2D eigenvalue weighted by Gasteiger charge is -2.31. The first kappa shape index (κ1) is 13.5. The van der Waals surface area contributed by atoms with Gasteiger partial charge in [0.15, 0.2) is 0 Å². The van der Waals surface area contributed by atoms with Crippen molar-refractivity contribution in [3.05, 3.63) is 41.6 Å². The van der Waals surface area contributed by atoms with Crippen LogP contribution in [0.25, 0.3) is 10.9 Å². The van der Waals surface area contributed by atoms with Gasteiger partial charge < -0.3 is 9.84 Å². The molecule has 3 nitrogen and oxygen atoms in total. The van der Waals surface area contributed by atoms with Crippen molar-refractivity contribution in [3.63, 3.8) is 0 Å². The summed E-state index contributed by atoms with van der Waals surface area (Å²) < 4.78 is 5.80. The van der Waals surface area contributed by atoms with Crippen LogP contribution in [0.2, 0.25) is 0 Å². The summed E-state index contributed by atoms with van der Waals surface area (Å²) in [5.74, 6) is 0.482. The molecule has 1 aromatic heterocycles. The molecule has 0 saturated carbocycles. The number of aliphatic hydroxyl groups excluding tert-OH is 1. The van der Waals surface area contributed by atoms with Crippen molar-refractivity contribution in [1.82, 2.24) is 4.98 Å². The van der Waals surface area contributed by atoms with E-state index in [0.717, 1.165) is 35.0 Å². The fourth-order valence-electron chi connectivity index (χ4n) is 3.16. The van der Waals surface area contributed by atoms with Gasteiger partial charge in [-0.05, 0) is 50.5 Å². The lowest BCUT2D eigenvalue weighted by molar-refractivity contribution is -0.0385. The highest BCUT2D eigenvalue weighted by molar-refractivity contribution is 5.79. The van der Waals surface area contributed by atoms with Crippen molar-refractivity contribution in [2.45, 2.75) is 51.4 Å². The second-order valence-corrected chi connectivity index (χ2v) is 5.85. The standard InChI is InChI=1S/C17H21NO2/c1-11-7-15(8-12(2)20-11)17-6-4-14-9-13(10-19)3-5-16(14)18-17/h3-6,9,11-12,15,19H,7-8,10H2,1-2H3/t11-,12-/m1/s1. The van der Waals surface area contributed by atoms with E-state index in [4.69, 9.17) is 9.72 Å². The van der Waals surface area contributed by atoms with Crippen molar-refractivity contribution in [2.75, 3.05) is 0 Å². The van der Waals surface area contributed by atoms with E-state index < -0.39 is 0 Å². The Morgan fingerprint density at radius 3 is 2.60 bits per heavy atom. The molecule has 1 saturated heterocycles. The van der Waals surface area contributed by atoms with Crippen LogP contribution in [0.15, 0.2) is 30.3 Å². The predicted octanol–water partition coefficient (Wildman–Crippen LogP) is 3.40. The highest BCUT2D eigenvalue weighted by atomic mass is 16.5. The summed E-state index contributed by atoms with van der Waals surface area (Å²) in [4.78, 5) is 4.81. The van der Waals surface area contributed by atoms with Gasteiger partial charge in [0.05, 0.1) is 24.3 Å². The first-order chi connectivity index (χ1) is 9.65. The zero-order valence-electron chi connectivity index (χ0n) is 12.0. The Morgan fingerprint density at radius 2 is 1.90 bits per heavy atom. The number of hydrogen-bond acceptors (Lipinski definition) is 3. The van der Waals surface area contributed by atoms with Gasteiger partial charge in [0.2, 0.25) is 0 Å². The summed E-state index contributed by atoms with van der Waals surface area (Å²) in [6, 6.07) is 10.2. The average Bonchev–Trinajstić information content (AvgIpc) is 2.45. The van der Waals surface area contributed by atoms with E-state index in [1.807, 2.05) is 18.2 Å². The Labute approximate surface area is 119 Å². The van der Waals surface area contributed by atoms with Gasteiger partial charge in [-0.25, -0.2) is 0 Å². The number of hydrogen-bond donors (Lipinski definition) is 1. The molecular formula is C17H21NO2. The Kier molecular flexibility index (Phi) is 3.72. The highest BCUT2D eigenvalue weighted by Crippen LogP contribution is 2.33. The molecule has 1 fully saturated rings. The fraction of sp³-hybridized carbons (Fsp3) is 0.471. The molecule has 1 aliphatic heterocycles. The first-order valence-corrected chi connectivity index (χ1v) is 7.31. The van der Waals surface area contributed by atoms with Gasteiger partial charge in [-0.1, -0.05) is 12.1 Å². The van der Waals surface area contributed by atoms with E-state index in [0.29, 0.717) is 18.1 Å². The maximum atomic E-state index is 9.18. The first-order valence-electron chi connectivity index (χ1n) is 7.31. The molecule has 1 aromatic carbocycles. The number of pyridine rings is 1. The van der Waals surface area contributed by atoms with E-state index in [1.54, 1.807) is 0 Å². The minimum absolute atomic E-state index is 0.0761. The molecule has 0 unspecified atom stereocenters. The van der Waals surface area contributed by atoms with Gasteiger partial charge >= 0.3 is 0 Å². The molecule has 2 aromatic rings. The Bertz CT molecular complexity index is 601. The summed E-state index contributed by atoms with van der Waals surface area (Å²) in [5.41, 5.74) is 3.10. The summed E-state index contributed by atoms with van der Waals surface area (Å²) in [6.07, 6.45) is 2.69. The van der Waals surface area contributed by atoms with Crippen LogP contribution in [0.4, 0.5) is 0 Å². The molecule has 0 bridgehead atoms. The van der Waals surface area contributed by atoms with Crippen molar-refractivity contribution >= 4 is 10.9 Å². The van der Waals surface area contributed by atoms with Crippen LogP contribution in [0, 0.1) is 0 Å². The van der Waals surface area contributed by atoms with Crippen LogP contribution >= 0.6 is 0 Å². The van der Waals surface area contributed by atoms with Gasteiger partial charge in [-0.15, -0.1) is 0 Å². The van der Waals surface area contributed by atoms with E-state index in [9.17, 15) is 5.11 Å². The summed E-state index contributed by atoms with van der Waals surface area (Å²) >= 11 is 0. The monoisotopic (exact) mass is 271 g/mol. The van der Waals surface area contributed by atoms with E-state index >= 15 is 0 Å². The SMILES string of the molecule is C[C@@H]1CC(c2ccc3cc(CO)ccc3n2)C[C@@H](C)O1. The molecule has 3 heteroatoms. The van der Waals surface area contributed by atoms with Crippen LogP contribution in [0.1, 0.15) is 43.9 Å². The van der Waals surface area contributed by atoms with Gasteiger partial charge in [0, 0.05) is 17.0 Å². The maximum Gasteiger partial charge on any atom is 0.0705 e. The fourth-order valence-corrected chi connectivity index (χ4v) is 3.16. The minimum Gasteiger partial charge on any atom is -0.392 e. The number of ether oxygens (including phenoxy) is 1. The molecule has 2 atom stereocenters. The topological polar surface area (TPSA) is 42.4 Å². The minimum atomic E-state index is 0.0761. The van der Waals surface area contributed by atoms with E-state index in [-0.39, 0.29) is 6.61 Å². The second kappa shape index (κ2) is 5.51. The molecule has 0 amide bonds. The van der Waals surface area contributed by atoms with E-state index in [1.165, 1.54) is 0 Å². The molecule has 3 rings (SSSR count). The van der Waals surface area contributed by atoms with Crippen molar-refractivity contribution in [2.24, 2.45) is 0 Å². The molecule has 20 heavy (non-hydrogen) atoms. The zero-order valence-corrected chi connectivity index (χ0v) is 12.0. The molecule has 1 N–H and O–H groups in total. The summed E-state index contributed by atoms with van der Waals surface area (Å²) in [7, 11) is 0. The number of aromatic nitrogens is 1. The van der Waals surface area contributed by atoms with Gasteiger partial charge in [0.1, 0.15) is 0 Å². The van der Waals surface area contributed by atoms with Crippen molar-refractivity contribution < 1.29 is 9.84 Å². The molecular weight excluding hydrogens is 250 g/mol. The molecule has 1 aliphatic rings. The zero-order chi connectivity index (χ0) is 14.1. The third kappa shape index (κ3) is 2.69. The second-order valence-electron chi connectivity index (χ2n) is 5.85. The third-order valence-electron chi connectivity index (χ3n) is 4.07. The Morgan fingerprint density at radius 1 is 1.15 bits per heavy atom. The molecule has 0 radical (unpaired) electrons. The molecule has 0 spiro atoms. The normalized spacial score (nSPS) is 26.9. The molecule has 106 valence electrons. The highest BCUT2D eigenvalue weighted by Gasteiger charge is 2.26. The van der Waals surface area contributed by atoms with Crippen molar-refractivity contribution in [1.29, 1.82) is 0 Å². The van der Waals surface area contributed by atoms with Gasteiger partial charge in [-0.2, -0.15) is 0 Å². The number of benzene rings is 1. The third-order valence-corrected chi connectivity index (χ3v) is 4.07. The Hall–Kier alpha value is -1.45. The summed E-state index contributed by atoms with van der Waals surface area (Å²) in [6.45, 7) is 4.35. The van der Waals surface area contributed by atoms with Crippen LogP contribution in [-0.4, -0.2) is 22.3 Å². The smallest absolute Gasteiger partial charge is 0.0705 e. The van der Waals surface area contributed by atoms with Crippen LogP contribution in [-0.2, 0) is 11.3 Å². The number of aliphatic hydroxyl groups is 1. The number of fused-ring (bicyclic) bond motifs is 1. The molecule has 2 heterocycles. The van der Waals surface area contributed by atoms with Crippen LogP contribution in [0.3, 0.4) is 0 Å². The Balaban J connectivity index is 1.92. The van der Waals surface area contributed by atoms with Gasteiger partial charge in [0.25, 0.3) is 0 Å². The summed E-state index contributed by atoms with van der Waals surface area (Å²) in [5, 5.41) is 10.3. The van der Waals surface area contributed by atoms with E-state index in [2.05, 4.69) is 26.0 Å². The van der Waals surface area contributed by atoms with Crippen molar-refractivity contribution in [3.8, 4) is 0 Å².